The monoisotopic (exact) mass is 291 g/mol. The average molecular weight is 291 g/mol. The van der Waals surface area contributed by atoms with E-state index < -0.39 is 0 Å². The summed E-state index contributed by atoms with van der Waals surface area (Å²) in [6.07, 6.45) is 6.03. The zero-order valence-electron chi connectivity index (χ0n) is 13.9. The minimum atomic E-state index is 0.500. The molecule has 4 nitrogen and oxygen atoms in total. The van der Waals surface area contributed by atoms with Crippen molar-refractivity contribution in [2.45, 2.75) is 65.8 Å². The van der Waals surface area contributed by atoms with Crippen molar-refractivity contribution in [1.29, 1.82) is 0 Å². The quantitative estimate of drug-likeness (QED) is 0.858. The molecule has 0 saturated heterocycles. The number of aromatic nitrogens is 2. The lowest BCUT2D eigenvalue weighted by molar-refractivity contribution is 0.260. The molecule has 118 valence electrons. The maximum Gasteiger partial charge on any atom is 0.218 e. The molecule has 1 aromatic heterocycles. The van der Waals surface area contributed by atoms with Gasteiger partial charge in [-0.15, -0.1) is 0 Å². The number of hydrogen-bond acceptors (Lipinski definition) is 4. The van der Waals surface area contributed by atoms with Crippen LogP contribution in [0.25, 0.3) is 0 Å². The van der Waals surface area contributed by atoms with Gasteiger partial charge in [-0.25, -0.2) is 4.98 Å². The van der Waals surface area contributed by atoms with Crippen molar-refractivity contribution in [3.8, 4) is 5.88 Å². The summed E-state index contributed by atoms with van der Waals surface area (Å²) in [5, 5.41) is 3.60. The first-order chi connectivity index (χ1) is 10.1. The molecule has 0 radical (unpaired) electrons. The maximum atomic E-state index is 5.78. The molecule has 2 rings (SSSR count). The van der Waals surface area contributed by atoms with Crippen LogP contribution in [0.1, 0.15) is 59.2 Å². The van der Waals surface area contributed by atoms with E-state index in [2.05, 4.69) is 43.0 Å². The van der Waals surface area contributed by atoms with E-state index in [1.54, 1.807) is 0 Å². The van der Waals surface area contributed by atoms with E-state index in [0.29, 0.717) is 30.4 Å². The van der Waals surface area contributed by atoms with Crippen molar-refractivity contribution in [2.24, 2.45) is 11.8 Å². The lowest BCUT2D eigenvalue weighted by atomic mass is 9.86. The summed E-state index contributed by atoms with van der Waals surface area (Å²) in [5.41, 5.74) is 0. The molecule has 1 aliphatic rings. The van der Waals surface area contributed by atoms with E-state index in [-0.39, 0.29) is 0 Å². The molecule has 2 atom stereocenters. The first-order valence-electron chi connectivity index (χ1n) is 8.35. The molecule has 1 heterocycles. The molecule has 1 aliphatic carbocycles. The molecule has 0 bridgehead atoms. The second kappa shape index (κ2) is 7.62. The van der Waals surface area contributed by atoms with Gasteiger partial charge in [-0.05, 0) is 24.7 Å². The fraction of sp³-hybridized carbons (Fsp3) is 0.765. The minimum Gasteiger partial charge on any atom is -0.477 e. The number of aryl methyl sites for hydroxylation is 1. The molecule has 0 aliphatic heterocycles. The van der Waals surface area contributed by atoms with Crippen LogP contribution in [0.5, 0.6) is 5.88 Å². The van der Waals surface area contributed by atoms with Gasteiger partial charge in [0.2, 0.25) is 5.88 Å². The summed E-state index contributed by atoms with van der Waals surface area (Å²) < 4.78 is 5.78. The Morgan fingerprint density at radius 2 is 2.05 bits per heavy atom. The highest BCUT2D eigenvalue weighted by molar-refractivity contribution is 5.39. The van der Waals surface area contributed by atoms with Gasteiger partial charge in [0, 0.05) is 18.5 Å². The van der Waals surface area contributed by atoms with Crippen molar-refractivity contribution in [1.82, 2.24) is 9.97 Å². The van der Waals surface area contributed by atoms with Gasteiger partial charge in [-0.3, -0.25) is 0 Å². The maximum absolute atomic E-state index is 5.78. The van der Waals surface area contributed by atoms with Crippen LogP contribution in [0.4, 0.5) is 5.82 Å². The van der Waals surface area contributed by atoms with Crippen LogP contribution in [0.2, 0.25) is 0 Å². The number of ether oxygens (including phenoxy) is 1. The van der Waals surface area contributed by atoms with Crippen molar-refractivity contribution >= 4 is 5.82 Å². The molecule has 1 N–H and O–H groups in total. The predicted octanol–water partition coefficient (Wildman–Crippen LogP) is 4.06. The Morgan fingerprint density at radius 3 is 2.71 bits per heavy atom. The minimum absolute atomic E-state index is 0.500. The van der Waals surface area contributed by atoms with Crippen LogP contribution >= 0.6 is 0 Å². The summed E-state index contributed by atoms with van der Waals surface area (Å²) in [7, 11) is 0. The molecule has 4 heteroatoms. The van der Waals surface area contributed by atoms with Gasteiger partial charge in [-0.1, -0.05) is 40.5 Å². The van der Waals surface area contributed by atoms with E-state index in [1.165, 1.54) is 25.7 Å². The molecule has 2 unspecified atom stereocenters. The number of nitrogens with zero attached hydrogens (tertiary/aromatic N) is 2. The smallest absolute Gasteiger partial charge is 0.218 e. The molecule has 1 aromatic rings. The van der Waals surface area contributed by atoms with E-state index in [9.17, 15) is 0 Å². The Hall–Kier alpha value is -1.32. The van der Waals surface area contributed by atoms with Gasteiger partial charge in [0.15, 0.2) is 0 Å². The molecular formula is C17H29N3O. The van der Waals surface area contributed by atoms with E-state index in [0.717, 1.165) is 18.1 Å². The largest absolute Gasteiger partial charge is 0.477 e. The Balaban J connectivity index is 2.08. The van der Waals surface area contributed by atoms with Gasteiger partial charge < -0.3 is 10.1 Å². The average Bonchev–Trinajstić information content (AvgIpc) is 2.47. The van der Waals surface area contributed by atoms with Gasteiger partial charge in [0.05, 0.1) is 6.61 Å². The van der Waals surface area contributed by atoms with Crippen LogP contribution in [0.15, 0.2) is 6.07 Å². The SMILES string of the molecule is CCc1nc(NC2CCCCC2C)cc(OCC(C)C)n1. The molecule has 0 spiro atoms. The summed E-state index contributed by atoms with van der Waals surface area (Å²) in [4.78, 5) is 9.07. The third kappa shape index (κ3) is 4.87. The highest BCUT2D eigenvalue weighted by Crippen LogP contribution is 2.27. The fourth-order valence-electron chi connectivity index (χ4n) is 2.75. The van der Waals surface area contributed by atoms with Gasteiger partial charge in [0.1, 0.15) is 11.6 Å². The summed E-state index contributed by atoms with van der Waals surface area (Å²) in [6, 6.07) is 2.47. The van der Waals surface area contributed by atoms with Crippen LogP contribution in [0, 0.1) is 11.8 Å². The summed E-state index contributed by atoms with van der Waals surface area (Å²) in [6.45, 7) is 9.39. The predicted molar refractivity (Wildman–Crippen MR) is 86.8 cm³/mol. The fourth-order valence-corrected chi connectivity index (χ4v) is 2.75. The standard InChI is InChI=1S/C17H29N3O/c1-5-15-19-16(10-17(20-15)21-11-12(2)3)18-14-9-7-6-8-13(14)4/h10,12-14H,5-9,11H2,1-4H3,(H,18,19,20). The number of anilines is 1. The van der Waals surface area contributed by atoms with Crippen LogP contribution < -0.4 is 10.1 Å². The Labute approximate surface area is 128 Å². The van der Waals surface area contributed by atoms with E-state index >= 15 is 0 Å². The third-order valence-corrected chi connectivity index (χ3v) is 4.07. The van der Waals surface area contributed by atoms with Crippen molar-refractivity contribution in [3.05, 3.63) is 11.9 Å². The molecule has 21 heavy (non-hydrogen) atoms. The molecule has 1 saturated carbocycles. The highest BCUT2D eigenvalue weighted by Gasteiger charge is 2.21. The third-order valence-electron chi connectivity index (χ3n) is 4.07. The number of nitrogens with one attached hydrogen (secondary N) is 1. The zero-order valence-corrected chi connectivity index (χ0v) is 13.9. The Bertz CT molecular complexity index is 448. The first-order valence-corrected chi connectivity index (χ1v) is 8.35. The van der Waals surface area contributed by atoms with Crippen molar-refractivity contribution in [2.75, 3.05) is 11.9 Å². The number of hydrogen-bond donors (Lipinski definition) is 1. The van der Waals surface area contributed by atoms with Gasteiger partial charge in [-0.2, -0.15) is 4.98 Å². The van der Waals surface area contributed by atoms with Crippen molar-refractivity contribution < 1.29 is 4.74 Å². The summed E-state index contributed by atoms with van der Waals surface area (Å²) in [5.74, 6) is 3.67. The van der Waals surface area contributed by atoms with Crippen LogP contribution in [-0.4, -0.2) is 22.6 Å². The first kappa shape index (κ1) is 16.1. The molecule has 0 amide bonds. The number of rotatable bonds is 6. The van der Waals surface area contributed by atoms with Crippen LogP contribution in [0.3, 0.4) is 0 Å². The molecular weight excluding hydrogens is 262 g/mol. The molecule has 0 aromatic carbocycles. The van der Waals surface area contributed by atoms with E-state index in [4.69, 9.17) is 4.74 Å². The highest BCUT2D eigenvalue weighted by atomic mass is 16.5. The lowest BCUT2D eigenvalue weighted by Gasteiger charge is -2.30. The second-order valence-electron chi connectivity index (χ2n) is 6.58. The van der Waals surface area contributed by atoms with Crippen molar-refractivity contribution in [3.63, 3.8) is 0 Å². The zero-order chi connectivity index (χ0) is 15.2. The Kier molecular flexibility index (Phi) is 5.83. The normalized spacial score (nSPS) is 22.3. The second-order valence-corrected chi connectivity index (χ2v) is 6.58. The topological polar surface area (TPSA) is 47.0 Å². The van der Waals surface area contributed by atoms with Gasteiger partial charge in [0.25, 0.3) is 0 Å². The van der Waals surface area contributed by atoms with E-state index in [1.807, 2.05) is 6.07 Å². The Morgan fingerprint density at radius 1 is 1.29 bits per heavy atom. The summed E-state index contributed by atoms with van der Waals surface area (Å²) >= 11 is 0. The van der Waals surface area contributed by atoms with Gasteiger partial charge >= 0.3 is 0 Å². The molecule has 1 fully saturated rings. The lowest BCUT2D eigenvalue weighted by Crippen LogP contribution is -2.30. The van der Waals surface area contributed by atoms with Crippen LogP contribution in [-0.2, 0) is 6.42 Å².